The summed E-state index contributed by atoms with van der Waals surface area (Å²) in [4.78, 5) is 0. The SMILES string of the molecule is C/C=C/CCc1ccc(-c2ccc(O)cc2)cc1. The van der Waals surface area contributed by atoms with E-state index in [4.69, 9.17) is 0 Å². The molecule has 0 heterocycles. The molecule has 1 N–H and O–H groups in total. The molecule has 0 unspecified atom stereocenters. The minimum absolute atomic E-state index is 0.307. The van der Waals surface area contributed by atoms with Crippen molar-refractivity contribution in [1.29, 1.82) is 0 Å². The molecule has 0 amide bonds. The Morgan fingerprint density at radius 1 is 0.889 bits per heavy atom. The zero-order valence-electron chi connectivity index (χ0n) is 10.6. The van der Waals surface area contributed by atoms with E-state index in [1.165, 1.54) is 11.1 Å². The third-order valence-corrected chi connectivity index (χ3v) is 2.99. The van der Waals surface area contributed by atoms with Crippen LogP contribution in [0.5, 0.6) is 5.75 Å². The number of aromatic hydroxyl groups is 1. The smallest absolute Gasteiger partial charge is 0.115 e. The van der Waals surface area contributed by atoms with E-state index >= 15 is 0 Å². The largest absolute Gasteiger partial charge is 0.508 e. The predicted molar refractivity (Wildman–Crippen MR) is 76.7 cm³/mol. The molecule has 2 aromatic carbocycles. The van der Waals surface area contributed by atoms with E-state index in [1.54, 1.807) is 12.1 Å². The molecule has 0 aromatic heterocycles. The van der Waals surface area contributed by atoms with Crippen LogP contribution >= 0.6 is 0 Å². The average Bonchev–Trinajstić information content (AvgIpc) is 2.41. The highest BCUT2D eigenvalue weighted by atomic mass is 16.3. The Bertz CT molecular complexity index is 506. The molecule has 0 aliphatic rings. The van der Waals surface area contributed by atoms with Crippen molar-refractivity contribution < 1.29 is 5.11 Å². The molecule has 18 heavy (non-hydrogen) atoms. The Balaban J connectivity index is 2.09. The molecule has 0 saturated heterocycles. The van der Waals surface area contributed by atoms with Gasteiger partial charge in [0.2, 0.25) is 0 Å². The molecular formula is C17H18O. The molecule has 0 bridgehead atoms. The van der Waals surface area contributed by atoms with Crippen LogP contribution in [0.3, 0.4) is 0 Å². The van der Waals surface area contributed by atoms with Crippen molar-refractivity contribution in [3.8, 4) is 16.9 Å². The Morgan fingerprint density at radius 3 is 2.00 bits per heavy atom. The van der Waals surface area contributed by atoms with Gasteiger partial charge in [0.25, 0.3) is 0 Å². The van der Waals surface area contributed by atoms with E-state index in [1.807, 2.05) is 19.1 Å². The van der Waals surface area contributed by atoms with Gasteiger partial charge in [0.05, 0.1) is 0 Å². The van der Waals surface area contributed by atoms with Gasteiger partial charge in [-0.15, -0.1) is 0 Å². The molecule has 0 spiro atoms. The third kappa shape index (κ3) is 3.24. The molecule has 2 aromatic rings. The fourth-order valence-corrected chi connectivity index (χ4v) is 1.93. The molecule has 0 atom stereocenters. The van der Waals surface area contributed by atoms with Gasteiger partial charge in [0, 0.05) is 0 Å². The van der Waals surface area contributed by atoms with Crippen molar-refractivity contribution in [3.63, 3.8) is 0 Å². The second-order valence-corrected chi connectivity index (χ2v) is 4.35. The molecule has 0 saturated carbocycles. The summed E-state index contributed by atoms with van der Waals surface area (Å²) >= 11 is 0. The van der Waals surface area contributed by atoms with Crippen molar-refractivity contribution >= 4 is 0 Å². The minimum Gasteiger partial charge on any atom is -0.508 e. The van der Waals surface area contributed by atoms with Crippen molar-refractivity contribution in [2.24, 2.45) is 0 Å². The van der Waals surface area contributed by atoms with Crippen LogP contribution in [0, 0.1) is 0 Å². The highest BCUT2D eigenvalue weighted by Crippen LogP contribution is 2.22. The maximum absolute atomic E-state index is 9.26. The molecule has 2 rings (SSSR count). The maximum Gasteiger partial charge on any atom is 0.115 e. The van der Waals surface area contributed by atoms with Gasteiger partial charge in [-0.25, -0.2) is 0 Å². The summed E-state index contributed by atoms with van der Waals surface area (Å²) < 4.78 is 0. The first-order chi connectivity index (χ1) is 8.79. The van der Waals surface area contributed by atoms with Crippen molar-refractivity contribution in [2.75, 3.05) is 0 Å². The van der Waals surface area contributed by atoms with Crippen LogP contribution in [-0.4, -0.2) is 5.11 Å². The lowest BCUT2D eigenvalue weighted by Gasteiger charge is -2.04. The van der Waals surface area contributed by atoms with Crippen LogP contribution in [0.2, 0.25) is 0 Å². The molecule has 1 nitrogen and oxygen atoms in total. The first kappa shape index (κ1) is 12.4. The molecular weight excluding hydrogens is 220 g/mol. The number of phenolic OH excluding ortho intramolecular Hbond substituents is 1. The molecule has 0 radical (unpaired) electrons. The van der Waals surface area contributed by atoms with Gasteiger partial charge in [-0.3, -0.25) is 0 Å². The van der Waals surface area contributed by atoms with Crippen LogP contribution < -0.4 is 0 Å². The van der Waals surface area contributed by atoms with E-state index in [0.717, 1.165) is 18.4 Å². The van der Waals surface area contributed by atoms with Gasteiger partial charge in [-0.2, -0.15) is 0 Å². The molecule has 0 fully saturated rings. The summed E-state index contributed by atoms with van der Waals surface area (Å²) in [6.07, 6.45) is 6.45. The molecule has 92 valence electrons. The van der Waals surface area contributed by atoms with E-state index in [9.17, 15) is 5.11 Å². The summed E-state index contributed by atoms with van der Waals surface area (Å²) in [5.41, 5.74) is 3.67. The first-order valence-corrected chi connectivity index (χ1v) is 6.29. The number of phenols is 1. The van der Waals surface area contributed by atoms with Gasteiger partial charge >= 0.3 is 0 Å². The summed E-state index contributed by atoms with van der Waals surface area (Å²) in [7, 11) is 0. The van der Waals surface area contributed by atoms with Gasteiger partial charge in [-0.05, 0) is 48.6 Å². The maximum atomic E-state index is 9.26. The van der Waals surface area contributed by atoms with Crippen LogP contribution in [0.1, 0.15) is 18.9 Å². The van der Waals surface area contributed by atoms with E-state index < -0.39 is 0 Å². The monoisotopic (exact) mass is 238 g/mol. The highest BCUT2D eigenvalue weighted by Gasteiger charge is 1.98. The summed E-state index contributed by atoms with van der Waals surface area (Å²) in [5, 5.41) is 9.26. The van der Waals surface area contributed by atoms with Crippen molar-refractivity contribution in [1.82, 2.24) is 0 Å². The lowest BCUT2D eigenvalue weighted by atomic mass is 10.0. The highest BCUT2D eigenvalue weighted by molar-refractivity contribution is 5.64. The van der Waals surface area contributed by atoms with Crippen molar-refractivity contribution in [3.05, 3.63) is 66.2 Å². The van der Waals surface area contributed by atoms with E-state index in [2.05, 4.69) is 36.4 Å². The van der Waals surface area contributed by atoms with Gasteiger partial charge in [0.1, 0.15) is 5.75 Å². The minimum atomic E-state index is 0.307. The average molecular weight is 238 g/mol. The number of allylic oxidation sites excluding steroid dienone is 2. The number of rotatable bonds is 4. The van der Waals surface area contributed by atoms with Crippen LogP contribution in [0.25, 0.3) is 11.1 Å². The number of hydrogen-bond donors (Lipinski definition) is 1. The normalized spacial score (nSPS) is 10.9. The van der Waals surface area contributed by atoms with Gasteiger partial charge in [0.15, 0.2) is 0 Å². The second-order valence-electron chi connectivity index (χ2n) is 4.35. The van der Waals surface area contributed by atoms with E-state index in [0.29, 0.717) is 5.75 Å². The Kier molecular flexibility index (Phi) is 4.19. The molecule has 1 heteroatoms. The quantitative estimate of drug-likeness (QED) is 0.774. The zero-order chi connectivity index (χ0) is 12.8. The van der Waals surface area contributed by atoms with E-state index in [-0.39, 0.29) is 0 Å². The fraction of sp³-hybridized carbons (Fsp3) is 0.176. The number of benzene rings is 2. The number of hydrogen-bond acceptors (Lipinski definition) is 1. The Hall–Kier alpha value is -2.02. The van der Waals surface area contributed by atoms with Gasteiger partial charge < -0.3 is 5.11 Å². The summed E-state index contributed by atoms with van der Waals surface area (Å²) in [6, 6.07) is 15.9. The lowest BCUT2D eigenvalue weighted by molar-refractivity contribution is 0.475. The van der Waals surface area contributed by atoms with Crippen LogP contribution in [0.15, 0.2) is 60.7 Å². The Labute approximate surface area is 108 Å². The van der Waals surface area contributed by atoms with Crippen LogP contribution in [-0.2, 0) is 6.42 Å². The Morgan fingerprint density at radius 2 is 1.44 bits per heavy atom. The molecule has 0 aliphatic carbocycles. The van der Waals surface area contributed by atoms with Gasteiger partial charge in [-0.1, -0.05) is 48.6 Å². The standard InChI is InChI=1S/C17H18O/c1-2-3-4-5-14-6-8-15(9-7-14)16-10-12-17(18)13-11-16/h2-3,6-13,18H,4-5H2,1H3/b3-2+. The second kappa shape index (κ2) is 6.06. The third-order valence-electron chi connectivity index (χ3n) is 2.99. The van der Waals surface area contributed by atoms with Crippen LogP contribution in [0.4, 0.5) is 0 Å². The van der Waals surface area contributed by atoms with Crippen molar-refractivity contribution in [2.45, 2.75) is 19.8 Å². The fourth-order valence-electron chi connectivity index (χ4n) is 1.93. The summed E-state index contributed by atoms with van der Waals surface area (Å²) in [6.45, 7) is 2.05. The molecule has 0 aliphatic heterocycles. The predicted octanol–water partition coefficient (Wildman–Crippen LogP) is 4.57. The zero-order valence-corrected chi connectivity index (χ0v) is 10.6. The summed E-state index contributed by atoms with van der Waals surface area (Å²) in [5.74, 6) is 0.307. The topological polar surface area (TPSA) is 20.2 Å². The number of aryl methyl sites for hydroxylation is 1. The first-order valence-electron chi connectivity index (χ1n) is 6.29. The lowest BCUT2D eigenvalue weighted by Crippen LogP contribution is -1.84.